The maximum absolute atomic E-state index is 5.25. The molecule has 1 aromatic rings. The second kappa shape index (κ2) is 5.80. The second-order valence-electron chi connectivity index (χ2n) is 4.43. The summed E-state index contributed by atoms with van der Waals surface area (Å²) in [5.41, 5.74) is 0.926. The predicted molar refractivity (Wildman–Crippen MR) is 64.6 cm³/mol. The van der Waals surface area contributed by atoms with Crippen LogP contribution in [0.5, 0.6) is 5.75 Å². The largest absolute Gasteiger partial charge is 0.493 e. The molecule has 0 bridgehead atoms. The molecule has 0 amide bonds. The first kappa shape index (κ1) is 12.9. The minimum absolute atomic E-state index is 0.337. The van der Waals surface area contributed by atoms with Gasteiger partial charge in [-0.3, -0.25) is 0 Å². The summed E-state index contributed by atoms with van der Waals surface area (Å²) in [6.45, 7) is 9.10. The maximum atomic E-state index is 5.25. The minimum atomic E-state index is 0.337. The molecule has 90 valence electrons. The molecule has 1 heterocycles. The number of methoxy groups -OCH3 is 1. The van der Waals surface area contributed by atoms with Gasteiger partial charge < -0.3 is 10.1 Å². The molecule has 0 aromatic carbocycles. The average Bonchev–Trinajstić information content (AvgIpc) is 2.25. The number of hydrogen-bond acceptors (Lipinski definition) is 4. The van der Waals surface area contributed by atoms with Crippen LogP contribution in [0.2, 0.25) is 0 Å². The minimum Gasteiger partial charge on any atom is -0.493 e. The van der Waals surface area contributed by atoms with Crippen LogP contribution in [0, 0.1) is 0 Å². The van der Waals surface area contributed by atoms with Crippen molar-refractivity contribution in [3.63, 3.8) is 0 Å². The molecule has 0 atom stereocenters. The fourth-order valence-electron chi connectivity index (χ4n) is 1.30. The number of hydrogen-bond donors (Lipinski definition) is 1. The van der Waals surface area contributed by atoms with Gasteiger partial charge in [-0.2, -0.15) is 0 Å². The smallest absolute Gasteiger partial charge is 0.159 e. The fourth-order valence-corrected chi connectivity index (χ4v) is 1.30. The van der Waals surface area contributed by atoms with Crippen molar-refractivity contribution in [3.05, 3.63) is 17.7 Å². The summed E-state index contributed by atoms with van der Waals surface area (Å²) in [4.78, 5) is 8.79. The average molecular weight is 223 g/mol. The van der Waals surface area contributed by atoms with E-state index in [1.807, 2.05) is 0 Å². The van der Waals surface area contributed by atoms with Gasteiger partial charge in [0.15, 0.2) is 5.75 Å². The summed E-state index contributed by atoms with van der Waals surface area (Å²) in [6, 6.07) is 0.433. The second-order valence-corrected chi connectivity index (χ2v) is 4.43. The highest BCUT2D eigenvalue weighted by atomic mass is 16.5. The Morgan fingerprint density at radius 3 is 2.50 bits per heavy atom. The lowest BCUT2D eigenvalue weighted by Crippen LogP contribution is -2.23. The number of nitrogens with zero attached hydrogens (tertiary/aromatic N) is 2. The third-order valence-corrected chi connectivity index (χ3v) is 2.26. The molecule has 4 heteroatoms. The Bertz CT molecular complexity index is 337. The number of aromatic nitrogens is 2. The Balaban J connectivity index is 2.88. The van der Waals surface area contributed by atoms with E-state index in [1.165, 1.54) is 0 Å². The van der Waals surface area contributed by atoms with Crippen LogP contribution >= 0.6 is 0 Å². The summed E-state index contributed by atoms with van der Waals surface area (Å²) in [6.07, 6.45) is 1.75. The van der Waals surface area contributed by atoms with Crippen LogP contribution in [0.3, 0.4) is 0 Å². The molecule has 0 saturated heterocycles. The lowest BCUT2D eigenvalue weighted by molar-refractivity contribution is 0.399. The normalized spacial score (nSPS) is 11.2. The Hall–Kier alpha value is -1.16. The molecular weight excluding hydrogens is 202 g/mol. The highest BCUT2D eigenvalue weighted by Crippen LogP contribution is 2.17. The summed E-state index contributed by atoms with van der Waals surface area (Å²) >= 11 is 0. The van der Waals surface area contributed by atoms with E-state index in [0.717, 1.165) is 17.3 Å². The summed E-state index contributed by atoms with van der Waals surface area (Å²) in [7, 11) is 1.65. The van der Waals surface area contributed by atoms with Crippen molar-refractivity contribution in [2.45, 2.75) is 46.2 Å². The van der Waals surface area contributed by atoms with Crippen molar-refractivity contribution in [2.75, 3.05) is 7.11 Å². The number of nitrogens with one attached hydrogen (secondary N) is 1. The fraction of sp³-hybridized carbons (Fsp3) is 0.667. The summed E-state index contributed by atoms with van der Waals surface area (Å²) < 4.78 is 5.25. The topological polar surface area (TPSA) is 47.0 Å². The van der Waals surface area contributed by atoms with Gasteiger partial charge in [-0.25, -0.2) is 9.97 Å². The molecule has 0 spiro atoms. The van der Waals surface area contributed by atoms with Crippen LogP contribution < -0.4 is 10.1 Å². The first-order valence-corrected chi connectivity index (χ1v) is 5.67. The van der Waals surface area contributed by atoms with E-state index in [0.29, 0.717) is 18.5 Å². The Kier molecular flexibility index (Phi) is 4.68. The zero-order valence-corrected chi connectivity index (χ0v) is 10.7. The first-order valence-electron chi connectivity index (χ1n) is 5.67. The maximum Gasteiger partial charge on any atom is 0.159 e. The van der Waals surface area contributed by atoms with Gasteiger partial charge >= 0.3 is 0 Å². The molecule has 0 aliphatic rings. The van der Waals surface area contributed by atoms with Crippen LogP contribution in [0.1, 0.15) is 45.1 Å². The third-order valence-electron chi connectivity index (χ3n) is 2.26. The van der Waals surface area contributed by atoms with E-state index in [2.05, 4.69) is 43.0 Å². The van der Waals surface area contributed by atoms with Crippen molar-refractivity contribution in [2.24, 2.45) is 0 Å². The summed E-state index contributed by atoms with van der Waals surface area (Å²) in [5, 5.41) is 3.33. The molecule has 0 aliphatic heterocycles. The predicted octanol–water partition coefficient (Wildman–Crippen LogP) is 2.11. The monoisotopic (exact) mass is 223 g/mol. The molecule has 0 aliphatic carbocycles. The van der Waals surface area contributed by atoms with Crippen LogP contribution in [0.15, 0.2) is 6.20 Å². The van der Waals surface area contributed by atoms with Crippen LogP contribution in [-0.2, 0) is 6.54 Å². The molecule has 1 rings (SSSR count). The SMILES string of the molecule is COc1cnc(C(C)C)nc1CNC(C)C. The van der Waals surface area contributed by atoms with Gasteiger partial charge in [-0.1, -0.05) is 27.7 Å². The van der Waals surface area contributed by atoms with Gasteiger partial charge in [-0.05, 0) is 0 Å². The van der Waals surface area contributed by atoms with Crippen LogP contribution in [0.4, 0.5) is 0 Å². The highest BCUT2D eigenvalue weighted by Gasteiger charge is 2.10. The van der Waals surface area contributed by atoms with Crippen molar-refractivity contribution in [1.82, 2.24) is 15.3 Å². The van der Waals surface area contributed by atoms with Crippen molar-refractivity contribution >= 4 is 0 Å². The van der Waals surface area contributed by atoms with E-state index >= 15 is 0 Å². The van der Waals surface area contributed by atoms with E-state index in [1.54, 1.807) is 13.3 Å². The molecule has 4 nitrogen and oxygen atoms in total. The number of ether oxygens (including phenoxy) is 1. The zero-order valence-electron chi connectivity index (χ0n) is 10.7. The van der Waals surface area contributed by atoms with E-state index in [4.69, 9.17) is 4.74 Å². The molecule has 1 N–H and O–H groups in total. The molecular formula is C12H21N3O. The first-order chi connectivity index (χ1) is 7.54. The van der Waals surface area contributed by atoms with Gasteiger partial charge in [0.05, 0.1) is 19.0 Å². The van der Waals surface area contributed by atoms with Gasteiger partial charge in [0.25, 0.3) is 0 Å². The Morgan fingerprint density at radius 2 is 2.00 bits per heavy atom. The number of rotatable bonds is 5. The third kappa shape index (κ3) is 3.45. The van der Waals surface area contributed by atoms with E-state index in [9.17, 15) is 0 Å². The molecule has 0 radical (unpaired) electrons. The van der Waals surface area contributed by atoms with E-state index < -0.39 is 0 Å². The molecule has 0 unspecified atom stereocenters. The molecule has 16 heavy (non-hydrogen) atoms. The standard InChI is InChI=1S/C12H21N3O/c1-8(2)12-14-7-11(16-5)10(15-12)6-13-9(3)4/h7-9,13H,6H2,1-5H3. The molecule has 0 saturated carbocycles. The van der Waals surface area contributed by atoms with Gasteiger partial charge in [0.1, 0.15) is 5.82 Å². The highest BCUT2D eigenvalue weighted by molar-refractivity contribution is 5.25. The lowest BCUT2D eigenvalue weighted by atomic mass is 10.2. The van der Waals surface area contributed by atoms with E-state index in [-0.39, 0.29) is 0 Å². The van der Waals surface area contributed by atoms with Crippen molar-refractivity contribution in [3.8, 4) is 5.75 Å². The Labute approximate surface area is 97.5 Å². The van der Waals surface area contributed by atoms with Crippen molar-refractivity contribution in [1.29, 1.82) is 0 Å². The summed E-state index contributed by atoms with van der Waals surface area (Å²) in [5.74, 6) is 1.95. The molecule has 0 fully saturated rings. The lowest BCUT2D eigenvalue weighted by Gasteiger charge is -2.12. The van der Waals surface area contributed by atoms with Gasteiger partial charge in [-0.15, -0.1) is 0 Å². The van der Waals surface area contributed by atoms with Crippen LogP contribution in [0.25, 0.3) is 0 Å². The van der Waals surface area contributed by atoms with Gasteiger partial charge in [0, 0.05) is 18.5 Å². The van der Waals surface area contributed by atoms with Crippen molar-refractivity contribution < 1.29 is 4.74 Å². The van der Waals surface area contributed by atoms with Gasteiger partial charge in [0.2, 0.25) is 0 Å². The Morgan fingerprint density at radius 1 is 1.31 bits per heavy atom. The molecule has 1 aromatic heterocycles. The quantitative estimate of drug-likeness (QED) is 0.830. The van der Waals surface area contributed by atoms with Crippen LogP contribution in [-0.4, -0.2) is 23.1 Å². The zero-order chi connectivity index (χ0) is 12.1.